The molecule has 170 valence electrons. The standard InChI is InChI=1S/C25H27N5O3/c1-17(2)33-20-9-10-22(32-3)21(15-20)19-11-12-26-23(14-19)30-24(28-25(29-30)27-16-31)13-18-7-5-4-6-8-18/h4-12,14-17,24H,13H2,1-3H3,(H2,27,28,29,31). The Bertz CT molecular complexity index is 1130. The molecule has 0 radical (unpaired) electrons. The van der Waals surface area contributed by atoms with E-state index < -0.39 is 0 Å². The summed E-state index contributed by atoms with van der Waals surface area (Å²) in [6, 6.07) is 19.7. The fourth-order valence-corrected chi connectivity index (χ4v) is 3.71. The van der Waals surface area contributed by atoms with Crippen LogP contribution in [0, 0.1) is 0 Å². The van der Waals surface area contributed by atoms with Crippen LogP contribution in [-0.4, -0.2) is 36.7 Å². The van der Waals surface area contributed by atoms with Gasteiger partial charge >= 0.3 is 0 Å². The monoisotopic (exact) mass is 445 g/mol. The van der Waals surface area contributed by atoms with Crippen molar-refractivity contribution in [1.82, 2.24) is 15.6 Å². The Kier molecular flexibility index (Phi) is 6.73. The molecule has 1 aliphatic rings. The first kappa shape index (κ1) is 22.1. The highest BCUT2D eigenvalue weighted by Gasteiger charge is 2.28. The maximum absolute atomic E-state index is 11.0. The van der Waals surface area contributed by atoms with Crippen LogP contribution in [0.1, 0.15) is 19.4 Å². The molecular formula is C25H27N5O3. The molecule has 8 nitrogen and oxygen atoms in total. The summed E-state index contributed by atoms with van der Waals surface area (Å²) in [5, 5.41) is 12.2. The van der Waals surface area contributed by atoms with Gasteiger partial charge in [-0.15, -0.1) is 5.10 Å². The maximum Gasteiger partial charge on any atom is 0.222 e. The number of ether oxygens (including phenoxy) is 2. The first-order chi connectivity index (χ1) is 16.1. The molecule has 0 fully saturated rings. The van der Waals surface area contributed by atoms with Gasteiger partial charge in [0.25, 0.3) is 0 Å². The van der Waals surface area contributed by atoms with Crippen LogP contribution in [0.15, 0.2) is 72.0 Å². The lowest BCUT2D eigenvalue weighted by Crippen LogP contribution is -2.43. The lowest BCUT2D eigenvalue weighted by molar-refractivity contribution is -0.108. The normalized spacial score (nSPS) is 15.1. The van der Waals surface area contributed by atoms with E-state index in [1.54, 1.807) is 18.3 Å². The smallest absolute Gasteiger partial charge is 0.222 e. The third-order valence-corrected chi connectivity index (χ3v) is 5.11. The predicted molar refractivity (Wildman–Crippen MR) is 128 cm³/mol. The topological polar surface area (TPSA) is 88.1 Å². The molecule has 0 spiro atoms. The number of rotatable bonds is 8. The van der Waals surface area contributed by atoms with Crippen molar-refractivity contribution in [3.63, 3.8) is 0 Å². The van der Waals surface area contributed by atoms with E-state index >= 15 is 0 Å². The largest absolute Gasteiger partial charge is 0.496 e. The zero-order chi connectivity index (χ0) is 23.2. The number of hydrazone groups is 1. The molecule has 1 atom stereocenters. The second-order valence-corrected chi connectivity index (χ2v) is 7.84. The summed E-state index contributed by atoms with van der Waals surface area (Å²) in [4.78, 5) is 15.5. The molecule has 0 bridgehead atoms. The fourth-order valence-electron chi connectivity index (χ4n) is 3.71. The molecule has 8 heteroatoms. The Hall–Kier alpha value is -4.07. The van der Waals surface area contributed by atoms with E-state index in [1.807, 2.05) is 62.4 Å². The van der Waals surface area contributed by atoms with E-state index in [0.29, 0.717) is 24.6 Å². The predicted octanol–water partition coefficient (Wildman–Crippen LogP) is 3.54. The minimum Gasteiger partial charge on any atom is -0.496 e. The second-order valence-electron chi connectivity index (χ2n) is 7.84. The minimum absolute atomic E-state index is 0.0618. The highest BCUT2D eigenvalue weighted by Crippen LogP contribution is 2.35. The lowest BCUT2D eigenvalue weighted by atomic mass is 10.0. The van der Waals surface area contributed by atoms with Crippen LogP contribution in [0.5, 0.6) is 11.5 Å². The van der Waals surface area contributed by atoms with Gasteiger partial charge in [-0.3, -0.25) is 10.1 Å². The average Bonchev–Trinajstić information content (AvgIpc) is 3.22. The number of nitrogens with zero attached hydrogens (tertiary/aromatic N) is 3. The van der Waals surface area contributed by atoms with Crippen molar-refractivity contribution >= 4 is 18.2 Å². The van der Waals surface area contributed by atoms with Crippen LogP contribution in [-0.2, 0) is 11.2 Å². The van der Waals surface area contributed by atoms with E-state index in [1.165, 1.54) is 0 Å². The van der Waals surface area contributed by atoms with Crippen molar-refractivity contribution in [2.75, 3.05) is 12.1 Å². The molecule has 0 saturated heterocycles. The summed E-state index contributed by atoms with van der Waals surface area (Å²) in [7, 11) is 1.64. The first-order valence-electron chi connectivity index (χ1n) is 10.8. The summed E-state index contributed by atoms with van der Waals surface area (Å²) in [6.07, 6.45) is 2.85. The molecule has 2 N–H and O–H groups in total. The van der Waals surface area contributed by atoms with E-state index in [4.69, 9.17) is 9.47 Å². The quantitative estimate of drug-likeness (QED) is 0.516. The van der Waals surface area contributed by atoms with E-state index in [-0.39, 0.29) is 12.3 Å². The van der Waals surface area contributed by atoms with E-state index in [0.717, 1.165) is 28.2 Å². The second kappa shape index (κ2) is 10.0. The van der Waals surface area contributed by atoms with Crippen molar-refractivity contribution in [2.24, 2.45) is 5.10 Å². The van der Waals surface area contributed by atoms with Crippen LogP contribution in [0.4, 0.5) is 5.82 Å². The zero-order valence-electron chi connectivity index (χ0n) is 18.9. The number of nitrogens with one attached hydrogen (secondary N) is 2. The molecule has 33 heavy (non-hydrogen) atoms. The third kappa shape index (κ3) is 5.23. The van der Waals surface area contributed by atoms with Crippen molar-refractivity contribution < 1.29 is 14.3 Å². The van der Waals surface area contributed by atoms with Crippen LogP contribution in [0.3, 0.4) is 0 Å². The van der Waals surface area contributed by atoms with Gasteiger partial charge in [0.1, 0.15) is 17.7 Å². The molecular weight excluding hydrogens is 418 g/mol. The number of carbonyl (C=O) groups is 1. The van der Waals surface area contributed by atoms with Gasteiger partial charge in [0.15, 0.2) is 5.82 Å². The Morgan fingerprint density at radius 1 is 1.15 bits per heavy atom. The Labute approximate surface area is 193 Å². The van der Waals surface area contributed by atoms with Gasteiger partial charge in [-0.05, 0) is 55.3 Å². The molecule has 1 unspecified atom stereocenters. The van der Waals surface area contributed by atoms with Gasteiger partial charge < -0.3 is 14.8 Å². The number of benzene rings is 2. The van der Waals surface area contributed by atoms with Gasteiger partial charge in [0.05, 0.1) is 13.2 Å². The van der Waals surface area contributed by atoms with Gasteiger partial charge in [-0.1, -0.05) is 30.3 Å². The maximum atomic E-state index is 11.0. The van der Waals surface area contributed by atoms with Crippen LogP contribution >= 0.6 is 0 Å². The van der Waals surface area contributed by atoms with Crippen molar-refractivity contribution in [3.05, 3.63) is 72.4 Å². The van der Waals surface area contributed by atoms with Gasteiger partial charge in [0, 0.05) is 18.2 Å². The number of hydrogen-bond donors (Lipinski definition) is 2. The molecule has 0 aliphatic carbocycles. The minimum atomic E-state index is -0.213. The lowest BCUT2D eigenvalue weighted by Gasteiger charge is -2.23. The number of pyridine rings is 1. The highest BCUT2D eigenvalue weighted by molar-refractivity contribution is 5.91. The van der Waals surface area contributed by atoms with Crippen LogP contribution in [0.2, 0.25) is 0 Å². The molecule has 1 amide bonds. The Morgan fingerprint density at radius 2 is 1.97 bits per heavy atom. The molecule has 2 heterocycles. The number of amides is 1. The van der Waals surface area contributed by atoms with Gasteiger partial charge in [-0.2, -0.15) is 0 Å². The number of carbonyl (C=O) groups excluding carboxylic acids is 1. The molecule has 3 aromatic rings. The van der Waals surface area contributed by atoms with Crippen molar-refractivity contribution in [3.8, 4) is 22.6 Å². The molecule has 1 aliphatic heterocycles. The van der Waals surface area contributed by atoms with Crippen molar-refractivity contribution in [2.45, 2.75) is 32.5 Å². The van der Waals surface area contributed by atoms with E-state index in [2.05, 4.69) is 32.9 Å². The first-order valence-corrected chi connectivity index (χ1v) is 10.8. The molecule has 2 aromatic carbocycles. The summed E-state index contributed by atoms with van der Waals surface area (Å²) < 4.78 is 11.5. The molecule has 0 saturated carbocycles. The van der Waals surface area contributed by atoms with Crippen molar-refractivity contribution in [1.29, 1.82) is 0 Å². The number of guanidine groups is 1. The van der Waals surface area contributed by atoms with Crippen LogP contribution < -0.4 is 25.1 Å². The molecule has 1 aromatic heterocycles. The third-order valence-electron chi connectivity index (χ3n) is 5.11. The summed E-state index contributed by atoms with van der Waals surface area (Å²) >= 11 is 0. The summed E-state index contributed by atoms with van der Waals surface area (Å²) in [5.74, 6) is 2.51. The summed E-state index contributed by atoms with van der Waals surface area (Å²) in [6.45, 7) is 3.98. The number of hydrogen-bond acceptors (Lipinski definition) is 7. The van der Waals surface area contributed by atoms with Crippen LogP contribution in [0.25, 0.3) is 11.1 Å². The number of aromatic nitrogens is 1. The van der Waals surface area contributed by atoms with E-state index in [9.17, 15) is 4.79 Å². The highest BCUT2D eigenvalue weighted by atomic mass is 16.5. The summed E-state index contributed by atoms with van der Waals surface area (Å²) in [5.41, 5.74) is 2.94. The average molecular weight is 446 g/mol. The Balaban J connectivity index is 1.68. The number of anilines is 1. The zero-order valence-corrected chi connectivity index (χ0v) is 18.9. The fraction of sp³-hybridized carbons (Fsp3) is 0.240. The molecule has 4 rings (SSSR count). The SMILES string of the molecule is COc1ccc(OC(C)C)cc1-c1ccnc(N2N=C(NC=O)NC2Cc2ccccc2)c1. The van der Waals surface area contributed by atoms with Gasteiger partial charge in [-0.25, -0.2) is 9.99 Å². The van der Waals surface area contributed by atoms with Gasteiger partial charge in [0.2, 0.25) is 12.4 Å². The Morgan fingerprint density at radius 3 is 2.70 bits per heavy atom. The number of methoxy groups -OCH3 is 1.